The summed E-state index contributed by atoms with van der Waals surface area (Å²) in [4.78, 5) is 24.0. The molecule has 5 nitrogen and oxygen atoms in total. The summed E-state index contributed by atoms with van der Waals surface area (Å²) in [7, 11) is 1.33. The molecule has 0 bridgehead atoms. The molecular weight excluding hydrogens is 360 g/mol. The van der Waals surface area contributed by atoms with Crippen LogP contribution in [0.3, 0.4) is 0 Å². The lowest BCUT2D eigenvalue weighted by atomic mass is 10.1. The molecule has 1 heterocycles. The fourth-order valence-corrected chi connectivity index (χ4v) is 3.61. The minimum absolute atomic E-state index is 0.367. The van der Waals surface area contributed by atoms with Crippen LogP contribution >= 0.6 is 22.9 Å². The molecule has 1 N–H and O–H groups in total. The monoisotopic (exact) mass is 372 g/mol. The van der Waals surface area contributed by atoms with E-state index in [2.05, 4.69) is 15.3 Å². The molecular formula is C18H13ClN2O3S. The van der Waals surface area contributed by atoms with Crippen LogP contribution in [0.5, 0.6) is 0 Å². The maximum absolute atomic E-state index is 12.2. The van der Waals surface area contributed by atoms with E-state index in [1.54, 1.807) is 24.3 Å². The first-order valence-corrected chi connectivity index (χ1v) is 8.48. The van der Waals surface area contributed by atoms with Gasteiger partial charge in [-0.05, 0) is 23.8 Å². The maximum Gasteiger partial charge on any atom is 0.337 e. The number of nitrogens with zero attached hydrogens (tertiary/aromatic N) is 1. The minimum Gasteiger partial charge on any atom is -0.465 e. The van der Waals surface area contributed by atoms with E-state index in [0.29, 0.717) is 15.5 Å². The van der Waals surface area contributed by atoms with E-state index in [4.69, 9.17) is 11.6 Å². The van der Waals surface area contributed by atoms with Crippen molar-refractivity contribution in [1.82, 2.24) is 5.43 Å². The molecule has 0 radical (unpaired) electrons. The highest BCUT2D eigenvalue weighted by molar-refractivity contribution is 7.21. The average Bonchev–Trinajstić information content (AvgIpc) is 2.99. The van der Waals surface area contributed by atoms with Crippen molar-refractivity contribution in [2.24, 2.45) is 5.10 Å². The van der Waals surface area contributed by atoms with Gasteiger partial charge in [0.25, 0.3) is 5.91 Å². The summed E-state index contributed by atoms with van der Waals surface area (Å²) in [6.07, 6.45) is 1.49. The van der Waals surface area contributed by atoms with E-state index >= 15 is 0 Å². The normalized spacial score (nSPS) is 11.0. The molecule has 0 aliphatic carbocycles. The van der Waals surface area contributed by atoms with E-state index < -0.39 is 5.97 Å². The zero-order valence-corrected chi connectivity index (χ0v) is 14.7. The first kappa shape index (κ1) is 17.1. The SMILES string of the molecule is COC(=O)c1ccc(/C=N/NC(=O)c2sc3ccccc3c2Cl)cc1. The van der Waals surface area contributed by atoms with Crippen LogP contribution in [0.2, 0.25) is 5.02 Å². The van der Waals surface area contributed by atoms with Gasteiger partial charge in [0.1, 0.15) is 4.88 Å². The van der Waals surface area contributed by atoms with Crippen LogP contribution in [0.25, 0.3) is 10.1 Å². The third-order valence-electron chi connectivity index (χ3n) is 3.45. The molecule has 0 unspecified atom stereocenters. The average molecular weight is 373 g/mol. The number of esters is 1. The van der Waals surface area contributed by atoms with Gasteiger partial charge in [0.2, 0.25) is 0 Å². The van der Waals surface area contributed by atoms with Gasteiger partial charge in [-0.3, -0.25) is 4.79 Å². The molecule has 3 aromatic rings. The summed E-state index contributed by atoms with van der Waals surface area (Å²) >= 11 is 7.58. The molecule has 0 spiro atoms. The summed E-state index contributed by atoms with van der Waals surface area (Å²) in [6, 6.07) is 14.2. The summed E-state index contributed by atoms with van der Waals surface area (Å²) in [5, 5.41) is 5.21. The molecule has 126 valence electrons. The number of amides is 1. The van der Waals surface area contributed by atoms with Gasteiger partial charge in [-0.15, -0.1) is 11.3 Å². The van der Waals surface area contributed by atoms with Crippen LogP contribution in [-0.2, 0) is 4.74 Å². The van der Waals surface area contributed by atoms with Crippen molar-refractivity contribution in [2.75, 3.05) is 7.11 Å². The Balaban J connectivity index is 1.70. The number of fused-ring (bicyclic) bond motifs is 1. The number of benzene rings is 2. The van der Waals surface area contributed by atoms with Gasteiger partial charge in [0.05, 0.1) is 23.9 Å². The van der Waals surface area contributed by atoms with E-state index in [9.17, 15) is 9.59 Å². The molecule has 25 heavy (non-hydrogen) atoms. The van der Waals surface area contributed by atoms with Crippen molar-refractivity contribution >= 4 is 51.1 Å². The third kappa shape index (κ3) is 3.70. The van der Waals surface area contributed by atoms with Crippen molar-refractivity contribution in [1.29, 1.82) is 0 Å². The van der Waals surface area contributed by atoms with Crippen LogP contribution in [0.1, 0.15) is 25.6 Å². The maximum atomic E-state index is 12.2. The predicted molar refractivity (Wildman–Crippen MR) is 99.7 cm³/mol. The lowest BCUT2D eigenvalue weighted by Gasteiger charge is -2.00. The quantitative estimate of drug-likeness (QED) is 0.426. The highest BCUT2D eigenvalue weighted by atomic mass is 35.5. The number of hydrazone groups is 1. The van der Waals surface area contributed by atoms with Crippen molar-refractivity contribution < 1.29 is 14.3 Å². The first-order chi connectivity index (χ1) is 12.1. The van der Waals surface area contributed by atoms with E-state index in [1.165, 1.54) is 24.7 Å². The lowest BCUT2D eigenvalue weighted by molar-refractivity contribution is 0.0600. The van der Waals surface area contributed by atoms with Gasteiger partial charge in [-0.1, -0.05) is 41.9 Å². The fraction of sp³-hybridized carbons (Fsp3) is 0.0556. The Morgan fingerprint density at radius 3 is 2.56 bits per heavy atom. The molecule has 0 aliphatic heterocycles. The van der Waals surface area contributed by atoms with Crippen LogP contribution in [0.15, 0.2) is 53.6 Å². The van der Waals surface area contributed by atoms with Crippen LogP contribution < -0.4 is 5.43 Å². The van der Waals surface area contributed by atoms with E-state index in [1.807, 2.05) is 24.3 Å². The van der Waals surface area contributed by atoms with E-state index in [-0.39, 0.29) is 5.91 Å². The Kier molecular flexibility index (Phi) is 5.11. The zero-order chi connectivity index (χ0) is 17.8. The number of rotatable bonds is 4. The molecule has 0 saturated carbocycles. The Labute approximate surface area is 152 Å². The van der Waals surface area contributed by atoms with E-state index in [0.717, 1.165) is 15.6 Å². The second-order valence-corrected chi connectivity index (χ2v) is 6.48. The van der Waals surface area contributed by atoms with Crippen molar-refractivity contribution in [2.45, 2.75) is 0 Å². The number of hydrogen-bond donors (Lipinski definition) is 1. The van der Waals surface area contributed by atoms with Crippen LogP contribution in [0, 0.1) is 0 Å². The van der Waals surface area contributed by atoms with Crippen molar-refractivity contribution in [3.63, 3.8) is 0 Å². The molecule has 0 atom stereocenters. The first-order valence-electron chi connectivity index (χ1n) is 7.29. The third-order valence-corrected chi connectivity index (χ3v) is 5.13. The van der Waals surface area contributed by atoms with Gasteiger partial charge >= 0.3 is 5.97 Å². The summed E-state index contributed by atoms with van der Waals surface area (Å²) in [5.74, 6) is -0.773. The fourth-order valence-electron chi connectivity index (χ4n) is 2.20. The number of nitrogens with one attached hydrogen (secondary N) is 1. The topological polar surface area (TPSA) is 67.8 Å². The molecule has 1 amide bonds. The Bertz CT molecular complexity index is 964. The molecule has 0 aliphatic rings. The highest BCUT2D eigenvalue weighted by Crippen LogP contribution is 2.34. The van der Waals surface area contributed by atoms with Gasteiger partial charge < -0.3 is 4.74 Å². The number of ether oxygens (including phenoxy) is 1. The largest absolute Gasteiger partial charge is 0.465 e. The standard InChI is InChI=1S/C18H13ClN2O3S/c1-24-18(23)12-8-6-11(7-9-12)10-20-21-17(22)16-15(19)13-4-2-3-5-14(13)25-16/h2-10H,1H3,(H,21,22)/b20-10+. The molecule has 2 aromatic carbocycles. The van der Waals surface area contributed by atoms with Gasteiger partial charge in [0, 0.05) is 10.1 Å². The number of halogens is 1. The minimum atomic E-state index is -0.406. The predicted octanol–water partition coefficient (Wildman–Crippen LogP) is 4.11. The van der Waals surface area contributed by atoms with Crippen molar-refractivity contribution in [3.05, 3.63) is 69.6 Å². The zero-order valence-electron chi connectivity index (χ0n) is 13.2. The Hall–Kier alpha value is -2.70. The number of carbonyl (C=O) groups is 2. The number of thiophene rings is 1. The second kappa shape index (κ2) is 7.46. The number of hydrogen-bond acceptors (Lipinski definition) is 5. The second-order valence-electron chi connectivity index (χ2n) is 5.05. The molecule has 3 rings (SSSR count). The lowest BCUT2D eigenvalue weighted by Crippen LogP contribution is -2.16. The van der Waals surface area contributed by atoms with Crippen LogP contribution in [-0.4, -0.2) is 25.2 Å². The Morgan fingerprint density at radius 2 is 1.88 bits per heavy atom. The van der Waals surface area contributed by atoms with Gasteiger partial charge in [-0.25, -0.2) is 10.2 Å². The molecule has 0 fully saturated rings. The van der Waals surface area contributed by atoms with Gasteiger partial charge in [-0.2, -0.15) is 5.10 Å². The van der Waals surface area contributed by atoms with Gasteiger partial charge in [0.15, 0.2) is 0 Å². The van der Waals surface area contributed by atoms with Crippen LogP contribution in [0.4, 0.5) is 0 Å². The summed E-state index contributed by atoms with van der Waals surface area (Å²) < 4.78 is 5.58. The molecule has 7 heteroatoms. The smallest absolute Gasteiger partial charge is 0.337 e. The summed E-state index contributed by atoms with van der Waals surface area (Å²) in [6.45, 7) is 0. The highest BCUT2D eigenvalue weighted by Gasteiger charge is 2.16. The number of carbonyl (C=O) groups excluding carboxylic acids is 2. The molecule has 0 saturated heterocycles. The Morgan fingerprint density at radius 1 is 1.16 bits per heavy atom. The summed E-state index contributed by atoms with van der Waals surface area (Å²) in [5.41, 5.74) is 3.64. The molecule has 1 aromatic heterocycles. The number of methoxy groups -OCH3 is 1. The van der Waals surface area contributed by atoms with Crippen molar-refractivity contribution in [3.8, 4) is 0 Å².